The SMILES string of the molecule is O=C(c1cccs1)N1CCN(Cc2nc(CCc3ccccc3)no2)CC1. The van der Waals surface area contributed by atoms with E-state index in [-0.39, 0.29) is 5.91 Å². The molecule has 0 N–H and O–H groups in total. The van der Waals surface area contributed by atoms with Crippen molar-refractivity contribution in [1.29, 1.82) is 0 Å². The molecule has 1 aliphatic heterocycles. The van der Waals surface area contributed by atoms with Gasteiger partial charge < -0.3 is 9.42 Å². The fourth-order valence-electron chi connectivity index (χ4n) is 3.21. The average molecular weight is 382 g/mol. The Balaban J connectivity index is 1.25. The lowest BCUT2D eigenvalue weighted by molar-refractivity contribution is 0.0620. The van der Waals surface area contributed by atoms with Crippen LogP contribution < -0.4 is 0 Å². The Morgan fingerprint density at radius 3 is 2.59 bits per heavy atom. The molecule has 1 aliphatic rings. The highest BCUT2D eigenvalue weighted by atomic mass is 32.1. The molecule has 0 radical (unpaired) electrons. The van der Waals surface area contributed by atoms with Crippen LogP contribution in [0.5, 0.6) is 0 Å². The minimum Gasteiger partial charge on any atom is -0.338 e. The summed E-state index contributed by atoms with van der Waals surface area (Å²) in [7, 11) is 0. The molecular weight excluding hydrogens is 360 g/mol. The predicted molar refractivity (Wildman–Crippen MR) is 104 cm³/mol. The molecule has 4 rings (SSSR count). The lowest BCUT2D eigenvalue weighted by Crippen LogP contribution is -2.48. The van der Waals surface area contributed by atoms with Gasteiger partial charge >= 0.3 is 0 Å². The van der Waals surface area contributed by atoms with Gasteiger partial charge in [-0.3, -0.25) is 9.69 Å². The summed E-state index contributed by atoms with van der Waals surface area (Å²) >= 11 is 1.50. The Morgan fingerprint density at radius 1 is 1.04 bits per heavy atom. The van der Waals surface area contributed by atoms with E-state index in [0.717, 1.165) is 49.7 Å². The number of hydrogen-bond donors (Lipinski definition) is 0. The number of aryl methyl sites for hydroxylation is 2. The van der Waals surface area contributed by atoms with Gasteiger partial charge in [0.1, 0.15) is 0 Å². The van der Waals surface area contributed by atoms with E-state index in [4.69, 9.17) is 4.52 Å². The molecule has 2 aromatic heterocycles. The van der Waals surface area contributed by atoms with Gasteiger partial charge in [0.15, 0.2) is 5.82 Å². The zero-order chi connectivity index (χ0) is 18.5. The van der Waals surface area contributed by atoms with Crippen LogP contribution in [0.3, 0.4) is 0 Å². The minimum atomic E-state index is 0.130. The summed E-state index contributed by atoms with van der Waals surface area (Å²) in [5.74, 6) is 1.53. The third-order valence-electron chi connectivity index (χ3n) is 4.74. The fourth-order valence-corrected chi connectivity index (χ4v) is 3.90. The van der Waals surface area contributed by atoms with Crippen molar-refractivity contribution in [2.75, 3.05) is 26.2 Å². The van der Waals surface area contributed by atoms with Crippen molar-refractivity contribution in [1.82, 2.24) is 19.9 Å². The molecule has 0 bridgehead atoms. The number of thiophene rings is 1. The second kappa shape index (κ2) is 8.45. The van der Waals surface area contributed by atoms with E-state index in [9.17, 15) is 4.79 Å². The summed E-state index contributed by atoms with van der Waals surface area (Å²) in [6, 6.07) is 14.1. The highest BCUT2D eigenvalue weighted by molar-refractivity contribution is 7.12. The number of aromatic nitrogens is 2. The smallest absolute Gasteiger partial charge is 0.264 e. The summed E-state index contributed by atoms with van der Waals surface area (Å²) in [6.07, 6.45) is 1.68. The number of amides is 1. The number of piperazine rings is 1. The molecule has 1 amide bonds. The molecule has 1 aromatic carbocycles. The number of carbonyl (C=O) groups is 1. The van der Waals surface area contributed by atoms with E-state index in [1.807, 2.05) is 40.6 Å². The first-order valence-electron chi connectivity index (χ1n) is 9.18. The van der Waals surface area contributed by atoms with E-state index < -0.39 is 0 Å². The van der Waals surface area contributed by atoms with Gasteiger partial charge in [-0.25, -0.2) is 0 Å². The highest BCUT2D eigenvalue weighted by Crippen LogP contribution is 2.15. The first-order valence-corrected chi connectivity index (χ1v) is 10.1. The Bertz CT molecular complexity index is 855. The zero-order valence-corrected chi connectivity index (χ0v) is 15.9. The topological polar surface area (TPSA) is 62.5 Å². The van der Waals surface area contributed by atoms with Crippen molar-refractivity contribution in [3.8, 4) is 0 Å². The number of rotatable bonds is 6. The normalized spacial score (nSPS) is 15.2. The lowest BCUT2D eigenvalue weighted by Gasteiger charge is -2.33. The van der Waals surface area contributed by atoms with Gasteiger partial charge in [-0.1, -0.05) is 41.6 Å². The van der Waals surface area contributed by atoms with Crippen LogP contribution in [0.1, 0.15) is 27.0 Å². The van der Waals surface area contributed by atoms with Gasteiger partial charge in [0.25, 0.3) is 5.91 Å². The van der Waals surface area contributed by atoms with Crippen molar-refractivity contribution in [3.05, 3.63) is 70.0 Å². The quantitative estimate of drug-likeness (QED) is 0.656. The van der Waals surface area contributed by atoms with Crippen LogP contribution in [-0.4, -0.2) is 52.0 Å². The number of benzene rings is 1. The third kappa shape index (κ3) is 4.61. The molecule has 0 spiro atoms. The van der Waals surface area contributed by atoms with Crippen molar-refractivity contribution in [3.63, 3.8) is 0 Å². The van der Waals surface area contributed by atoms with Gasteiger partial charge in [-0.15, -0.1) is 11.3 Å². The van der Waals surface area contributed by atoms with Crippen molar-refractivity contribution >= 4 is 17.2 Å². The summed E-state index contributed by atoms with van der Waals surface area (Å²) in [5, 5.41) is 6.04. The summed E-state index contributed by atoms with van der Waals surface area (Å²) in [4.78, 5) is 21.9. The minimum absolute atomic E-state index is 0.130. The summed E-state index contributed by atoms with van der Waals surface area (Å²) in [6.45, 7) is 3.73. The molecular formula is C20H22N4O2S. The Labute approximate surface area is 162 Å². The van der Waals surface area contributed by atoms with Crippen LogP contribution in [0.2, 0.25) is 0 Å². The van der Waals surface area contributed by atoms with Crippen molar-refractivity contribution < 1.29 is 9.32 Å². The van der Waals surface area contributed by atoms with Gasteiger partial charge in [0.2, 0.25) is 5.89 Å². The maximum atomic E-state index is 12.4. The van der Waals surface area contributed by atoms with Gasteiger partial charge in [-0.2, -0.15) is 4.98 Å². The van der Waals surface area contributed by atoms with Gasteiger partial charge in [-0.05, 0) is 23.4 Å². The first-order chi connectivity index (χ1) is 13.3. The molecule has 7 heteroatoms. The molecule has 6 nitrogen and oxygen atoms in total. The lowest BCUT2D eigenvalue weighted by atomic mass is 10.1. The van der Waals surface area contributed by atoms with E-state index in [2.05, 4.69) is 27.2 Å². The summed E-state index contributed by atoms with van der Waals surface area (Å²) in [5.41, 5.74) is 1.27. The maximum absolute atomic E-state index is 12.4. The predicted octanol–water partition coefficient (Wildman–Crippen LogP) is 2.87. The second-order valence-corrected chi connectivity index (χ2v) is 7.58. The van der Waals surface area contributed by atoms with Crippen molar-refractivity contribution in [2.45, 2.75) is 19.4 Å². The second-order valence-electron chi connectivity index (χ2n) is 6.64. The van der Waals surface area contributed by atoms with Crippen LogP contribution in [0.25, 0.3) is 0 Å². The standard InChI is InChI=1S/C20H22N4O2S/c25-20(17-7-4-14-27-17)24-12-10-23(11-13-24)15-19-21-18(22-26-19)9-8-16-5-2-1-3-6-16/h1-7,14H,8-13,15H2. The van der Waals surface area contributed by atoms with Crippen LogP contribution in [-0.2, 0) is 19.4 Å². The van der Waals surface area contributed by atoms with Crippen LogP contribution in [0.15, 0.2) is 52.4 Å². The fraction of sp³-hybridized carbons (Fsp3) is 0.350. The number of nitrogens with zero attached hydrogens (tertiary/aromatic N) is 4. The van der Waals surface area contributed by atoms with E-state index in [1.54, 1.807) is 0 Å². The van der Waals surface area contributed by atoms with E-state index in [1.165, 1.54) is 16.9 Å². The molecule has 140 valence electrons. The highest BCUT2D eigenvalue weighted by Gasteiger charge is 2.23. The monoisotopic (exact) mass is 382 g/mol. The van der Waals surface area contributed by atoms with Crippen molar-refractivity contribution in [2.24, 2.45) is 0 Å². The average Bonchev–Trinajstić information content (AvgIpc) is 3.40. The van der Waals surface area contributed by atoms with Crippen LogP contribution in [0, 0.1) is 0 Å². The molecule has 0 saturated carbocycles. The molecule has 0 unspecified atom stereocenters. The Morgan fingerprint density at radius 2 is 1.85 bits per heavy atom. The summed E-state index contributed by atoms with van der Waals surface area (Å²) < 4.78 is 5.41. The van der Waals surface area contributed by atoms with E-state index in [0.29, 0.717) is 12.4 Å². The maximum Gasteiger partial charge on any atom is 0.264 e. The molecule has 3 heterocycles. The van der Waals surface area contributed by atoms with E-state index >= 15 is 0 Å². The molecule has 0 aliphatic carbocycles. The molecule has 27 heavy (non-hydrogen) atoms. The molecule has 3 aromatic rings. The number of hydrogen-bond acceptors (Lipinski definition) is 6. The first kappa shape index (κ1) is 17.9. The van der Waals surface area contributed by atoms with Gasteiger partial charge in [0.05, 0.1) is 11.4 Å². The van der Waals surface area contributed by atoms with Gasteiger partial charge in [0, 0.05) is 32.6 Å². The van der Waals surface area contributed by atoms with Crippen LogP contribution in [0.4, 0.5) is 0 Å². The molecule has 1 saturated heterocycles. The Hall–Kier alpha value is -2.51. The Kier molecular flexibility index (Phi) is 5.60. The molecule has 0 atom stereocenters. The number of carbonyl (C=O) groups excluding carboxylic acids is 1. The zero-order valence-electron chi connectivity index (χ0n) is 15.1. The largest absolute Gasteiger partial charge is 0.338 e. The molecule has 1 fully saturated rings. The third-order valence-corrected chi connectivity index (χ3v) is 5.60. The van der Waals surface area contributed by atoms with Crippen LogP contribution >= 0.6 is 11.3 Å².